The number of rotatable bonds is 4. The summed E-state index contributed by atoms with van der Waals surface area (Å²) < 4.78 is 5.41. The molecule has 2 heteroatoms. The summed E-state index contributed by atoms with van der Waals surface area (Å²) in [6, 6.07) is 0.404. The Morgan fingerprint density at radius 3 is 3.00 bits per heavy atom. The average molecular weight is 171 g/mol. The third-order valence-electron chi connectivity index (χ3n) is 2.55. The molecule has 1 unspecified atom stereocenters. The smallest absolute Gasteiger partial charge is 0.0494 e. The van der Waals surface area contributed by atoms with Gasteiger partial charge in [-0.25, -0.2) is 0 Å². The van der Waals surface area contributed by atoms with Crippen molar-refractivity contribution in [1.82, 2.24) is 0 Å². The molecular formula is C10H21NO. The van der Waals surface area contributed by atoms with Crippen molar-refractivity contribution in [3.63, 3.8) is 0 Å². The zero-order valence-electron chi connectivity index (χ0n) is 8.09. The van der Waals surface area contributed by atoms with Gasteiger partial charge in [-0.15, -0.1) is 0 Å². The minimum atomic E-state index is 0.404. The highest BCUT2D eigenvalue weighted by molar-refractivity contribution is 4.70. The van der Waals surface area contributed by atoms with Gasteiger partial charge in [-0.05, 0) is 31.6 Å². The van der Waals surface area contributed by atoms with Gasteiger partial charge in [0.25, 0.3) is 0 Å². The summed E-state index contributed by atoms with van der Waals surface area (Å²) in [6.45, 7) is 4.09. The summed E-state index contributed by atoms with van der Waals surface area (Å²) in [5, 5.41) is 0. The highest BCUT2D eigenvalue weighted by atomic mass is 16.5. The molecule has 0 aromatic rings. The molecule has 1 aliphatic heterocycles. The Morgan fingerprint density at radius 1 is 1.58 bits per heavy atom. The van der Waals surface area contributed by atoms with Crippen molar-refractivity contribution >= 4 is 0 Å². The van der Waals surface area contributed by atoms with E-state index in [0.29, 0.717) is 6.04 Å². The van der Waals surface area contributed by atoms with Gasteiger partial charge < -0.3 is 10.5 Å². The number of hydrogen-bond donors (Lipinski definition) is 1. The van der Waals surface area contributed by atoms with Gasteiger partial charge in [-0.1, -0.05) is 13.3 Å². The molecular weight excluding hydrogens is 150 g/mol. The molecule has 0 aliphatic carbocycles. The molecule has 1 aliphatic rings. The van der Waals surface area contributed by atoms with Gasteiger partial charge in [0.1, 0.15) is 0 Å². The van der Waals surface area contributed by atoms with E-state index in [1.807, 2.05) is 0 Å². The second kappa shape index (κ2) is 5.55. The minimum absolute atomic E-state index is 0.404. The topological polar surface area (TPSA) is 35.2 Å². The van der Waals surface area contributed by atoms with Crippen molar-refractivity contribution in [2.75, 3.05) is 13.2 Å². The number of ether oxygens (including phenoxy) is 1. The first-order valence-corrected chi connectivity index (χ1v) is 5.16. The zero-order valence-corrected chi connectivity index (χ0v) is 8.09. The van der Waals surface area contributed by atoms with Gasteiger partial charge in [0.15, 0.2) is 0 Å². The van der Waals surface area contributed by atoms with Crippen LogP contribution in [-0.2, 0) is 4.74 Å². The van der Waals surface area contributed by atoms with Crippen molar-refractivity contribution < 1.29 is 4.74 Å². The molecule has 0 bridgehead atoms. The summed E-state index contributed by atoms with van der Waals surface area (Å²) in [5.41, 5.74) is 5.96. The number of nitrogens with two attached hydrogens (primary N) is 1. The van der Waals surface area contributed by atoms with Crippen molar-refractivity contribution in [3.8, 4) is 0 Å². The largest absolute Gasteiger partial charge is 0.381 e. The Kier molecular flexibility index (Phi) is 4.62. The molecule has 72 valence electrons. The fraction of sp³-hybridized carbons (Fsp3) is 1.00. The van der Waals surface area contributed by atoms with E-state index in [-0.39, 0.29) is 0 Å². The average Bonchev–Trinajstić information content (AvgIpc) is 2.06. The van der Waals surface area contributed by atoms with Crippen LogP contribution in [0.2, 0.25) is 0 Å². The first-order chi connectivity index (χ1) is 5.83. The van der Waals surface area contributed by atoms with Gasteiger partial charge in [0.2, 0.25) is 0 Å². The van der Waals surface area contributed by atoms with Crippen LogP contribution in [0.4, 0.5) is 0 Å². The maximum absolute atomic E-state index is 5.96. The van der Waals surface area contributed by atoms with Crippen LogP contribution in [0.25, 0.3) is 0 Å². The Balaban J connectivity index is 2.11. The highest BCUT2D eigenvalue weighted by Gasteiger charge is 2.16. The molecule has 1 heterocycles. The zero-order chi connectivity index (χ0) is 8.81. The maximum Gasteiger partial charge on any atom is 0.0494 e. The van der Waals surface area contributed by atoms with Crippen molar-refractivity contribution in [2.45, 2.75) is 45.1 Å². The molecule has 1 saturated heterocycles. The standard InChI is InChI=1S/C10H21NO/c1-2-4-10(11)7-9-5-3-6-12-8-9/h9-10H,2-8,11H2,1H3/t9?,10-/m1/s1. The Labute approximate surface area is 75.5 Å². The Bertz CT molecular complexity index is 110. The molecule has 0 aromatic heterocycles. The fourth-order valence-electron chi connectivity index (χ4n) is 1.91. The summed E-state index contributed by atoms with van der Waals surface area (Å²) >= 11 is 0. The quantitative estimate of drug-likeness (QED) is 0.701. The normalized spacial score (nSPS) is 27.0. The van der Waals surface area contributed by atoms with Crippen molar-refractivity contribution in [2.24, 2.45) is 11.7 Å². The van der Waals surface area contributed by atoms with Crippen molar-refractivity contribution in [3.05, 3.63) is 0 Å². The molecule has 0 amide bonds. The molecule has 0 saturated carbocycles. The van der Waals surface area contributed by atoms with Crippen LogP contribution >= 0.6 is 0 Å². The fourth-order valence-corrected chi connectivity index (χ4v) is 1.91. The first-order valence-electron chi connectivity index (χ1n) is 5.16. The Hall–Kier alpha value is -0.0800. The lowest BCUT2D eigenvalue weighted by molar-refractivity contribution is 0.0488. The van der Waals surface area contributed by atoms with Crippen LogP contribution in [-0.4, -0.2) is 19.3 Å². The van der Waals surface area contributed by atoms with Crippen LogP contribution in [0.5, 0.6) is 0 Å². The van der Waals surface area contributed by atoms with E-state index >= 15 is 0 Å². The lowest BCUT2D eigenvalue weighted by Gasteiger charge is -2.24. The van der Waals surface area contributed by atoms with Gasteiger partial charge in [0, 0.05) is 19.3 Å². The summed E-state index contributed by atoms with van der Waals surface area (Å²) in [5.74, 6) is 0.736. The summed E-state index contributed by atoms with van der Waals surface area (Å²) in [4.78, 5) is 0. The predicted octanol–water partition coefficient (Wildman–Crippen LogP) is 1.93. The van der Waals surface area contributed by atoms with E-state index in [0.717, 1.165) is 32.0 Å². The lowest BCUT2D eigenvalue weighted by Crippen LogP contribution is -2.27. The molecule has 0 aromatic carbocycles. The van der Waals surface area contributed by atoms with Crippen LogP contribution in [0, 0.1) is 5.92 Å². The molecule has 12 heavy (non-hydrogen) atoms. The highest BCUT2D eigenvalue weighted by Crippen LogP contribution is 2.19. The van der Waals surface area contributed by atoms with E-state index in [4.69, 9.17) is 10.5 Å². The minimum Gasteiger partial charge on any atom is -0.381 e. The van der Waals surface area contributed by atoms with Crippen LogP contribution < -0.4 is 5.73 Å². The van der Waals surface area contributed by atoms with E-state index in [9.17, 15) is 0 Å². The molecule has 1 fully saturated rings. The Morgan fingerprint density at radius 2 is 2.42 bits per heavy atom. The third-order valence-corrected chi connectivity index (χ3v) is 2.55. The summed E-state index contributed by atoms with van der Waals surface area (Å²) in [7, 11) is 0. The molecule has 0 radical (unpaired) electrons. The predicted molar refractivity (Wildman–Crippen MR) is 51.0 cm³/mol. The van der Waals surface area contributed by atoms with E-state index in [1.54, 1.807) is 0 Å². The van der Waals surface area contributed by atoms with E-state index in [1.165, 1.54) is 19.3 Å². The monoisotopic (exact) mass is 171 g/mol. The molecule has 0 spiro atoms. The lowest BCUT2D eigenvalue weighted by atomic mass is 9.93. The SMILES string of the molecule is CCC[C@@H](N)CC1CCCOC1. The van der Waals surface area contributed by atoms with E-state index < -0.39 is 0 Å². The summed E-state index contributed by atoms with van der Waals surface area (Å²) in [6.07, 6.45) is 6.07. The molecule has 2 nitrogen and oxygen atoms in total. The molecule has 2 N–H and O–H groups in total. The van der Waals surface area contributed by atoms with Gasteiger partial charge in [-0.3, -0.25) is 0 Å². The van der Waals surface area contributed by atoms with Crippen LogP contribution in [0.1, 0.15) is 39.0 Å². The van der Waals surface area contributed by atoms with Gasteiger partial charge in [-0.2, -0.15) is 0 Å². The third kappa shape index (κ3) is 3.55. The second-order valence-electron chi connectivity index (χ2n) is 3.87. The first kappa shape index (κ1) is 10.0. The van der Waals surface area contributed by atoms with Crippen LogP contribution in [0.15, 0.2) is 0 Å². The van der Waals surface area contributed by atoms with Crippen molar-refractivity contribution in [1.29, 1.82) is 0 Å². The number of hydrogen-bond acceptors (Lipinski definition) is 2. The maximum atomic E-state index is 5.96. The van der Waals surface area contributed by atoms with Gasteiger partial charge >= 0.3 is 0 Å². The second-order valence-corrected chi connectivity index (χ2v) is 3.87. The molecule has 1 rings (SSSR count). The van der Waals surface area contributed by atoms with E-state index in [2.05, 4.69) is 6.92 Å². The van der Waals surface area contributed by atoms with Gasteiger partial charge in [0.05, 0.1) is 0 Å². The molecule has 2 atom stereocenters. The van der Waals surface area contributed by atoms with Crippen LogP contribution in [0.3, 0.4) is 0 Å².